The summed E-state index contributed by atoms with van der Waals surface area (Å²) < 4.78 is 32.2. The molecule has 8 heteroatoms. The van der Waals surface area contributed by atoms with E-state index in [1.54, 1.807) is 0 Å². The van der Waals surface area contributed by atoms with E-state index in [0.717, 1.165) is 0 Å². The quantitative estimate of drug-likeness (QED) is 0.833. The lowest BCUT2D eigenvalue weighted by molar-refractivity contribution is 0.0693. The van der Waals surface area contributed by atoms with Crippen LogP contribution in [0.3, 0.4) is 0 Å². The molecule has 106 valence electrons. The van der Waals surface area contributed by atoms with E-state index in [-0.39, 0.29) is 29.2 Å². The lowest BCUT2D eigenvalue weighted by atomic mass is 10.0. The van der Waals surface area contributed by atoms with Gasteiger partial charge < -0.3 is 9.84 Å². The third-order valence-electron chi connectivity index (χ3n) is 2.59. The maximum absolute atomic E-state index is 12.9. The van der Waals surface area contributed by atoms with Crippen LogP contribution in [0.5, 0.6) is 5.88 Å². The van der Waals surface area contributed by atoms with Crippen molar-refractivity contribution in [1.29, 1.82) is 0 Å². The topological polar surface area (TPSA) is 64.3 Å². The third-order valence-corrected chi connectivity index (χ3v) is 2.82. The SMILES string of the molecule is O=C(O)c1cccc(C(F)F)c1COc1ccn(S)n1. The second-order valence-electron chi connectivity index (χ2n) is 3.84. The summed E-state index contributed by atoms with van der Waals surface area (Å²) in [7, 11) is 0. The number of hydrogen-bond donors (Lipinski definition) is 2. The van der Waals surface area contributed by atoms with Crippen LogP contribution in [0.15, 0.2) is 30.5 Å². The fourth-order valence-corrected chi connectivity index (χ4v) is 1.85. The number of alkyl halides is 2. The molecule has 0 aliphatic rings. The highest BCUT2D eigenvalue weighted by molar-refractivity contribution is 7.78. The van der Waals surface area contributed by atoms with Crippen molar-refractivity contribution in [2.24, 2.45) is 0 Å². The van der Waals surface area contributed by atoms with Crippen molar-refractivity contribution in [3.8, 4) is 5.88 Å². The highest BCUT2D eigenvalue weighted by atomic mass is 32.1. The molecule has 5 nitrogen and oxygen atoms in total. The normalized spacial score (nSPS) is 10.8. The summed E-state index contributed by atoms with van der Waals surface area (Å²) in [5.74, 6) is -1.12. The smallest absolute Gasteiger partial charge is 0.336 e. The van der Waals surface area contributed by atoms with Crippen molar-refractivity contribution in [3.63, 3.8) is 0 Å². The summed E-state index contributed by atoms with van der Waals surface area (Å²) in [6, 6.07) is 5.19. The van der Waals surface area contributed by atoms with Gasteiger partial charge in [0.2, 0.25) is 5.88 Å². The Morgan fingerprint density at radius 1 is 1.45 bits per heavy atom. The van der Waals surface area contributed by atoms with Crippen molar-refractivity contribution < 1.29 is 23.4 Å². The van der Waals surface area contributed by atoms with E-state index in [2.05, 4.69) is 17.9 Å². The zero-order valence-electron chi connectivity index (χ0n) is 10.0. The van der Waals surface area contributed by atoms with Crippen LogP contribution in [0.25, 0.3) is 0 Å². The molecule has 0 unspecified atom stereocenters. The van der Waals surface area contributed by atoms with Gasteiger partial charge >= 0.3 is 5.97 Å². The number of hydrogen-bond acceptors (Lipinski definition) is 4. The highest BCUT2D eigenvalue weighted by Gasteiger charge is 2.20. The first-order valence-electron chi connectivity index (χ1n) is 5.50. The van der Waals surface area contributed by atoms with Crippen LogP contribution < -0.4 is 4.74 Å². The predicted octanol–water partition coefficient (Wildman–Crippen LogP) is 2.79. The Bertz CT molecular complexity index is 631. The minimum atomic E-state index is -2.78. The lowest BCUT2D eigenvalue weighted by Gasteiger charge is -2.12. The van der Waals surface area contributed by atoms with Gasteiger partial charge in [0.15, 0.2) is 0 Å². The van der Waals surface area contributed by atoms with Crippen LogP contribution in [-0.2, 0) is 6.61 Å². The Morgan fingerprint density at radius 2 is 2.20 bits per heavy atom. The van der Waals surface area contributed by atoms with E-state index in [0.29, 0.717) is 0 Å². The van der Waals surface area contributed by atoms with Crippen LogP contribution in [0.2, 0.25) is 0 Å². The van der Waals surface area contributed by atoms with E-state index in [1.807, 2.05) is 0 Å². The number of ether oxygens (including phenoxy) is 1. The Hall–Kier alpha value is -2.09. The minimum Gasteiger partial charge on any atom is -0.478 e. The fraction of sp³-hybridized carbons (Fsp3) is 0.167. The van der Waals surface area contributed by atoms with Crippen LogP contribution in [0, 0.1) is 0 Å². The molecule has 0 saturated heterocycles. The van der Waals surface area contributed by atoms with Gasteiger partial charge in [-0.25, -0.2) is 17.7 Å². The first-order chi connectivity index (χ1) is 9.49. The summed E-state index contributed by atoms with van der Waals surface area (Å²) >= 11 is 3.90. The second-order valence-corrected chi connectivity index (χ2v) is 4.25. The van der Waals surface area contributed by atoms with Crippen molar-refractivity contribution in [2.45, 2.75) is 13.0 Å². The Balaban J connectivity index is 2.30. The molecule has 0 saturated carbocycles. The average molecular weight is 300 g/mol. The summed E-state index contributed by atoms with van der Waals surface area (Å²) in [6.07, 6.45) is -1.29. The fourth-order valence-electron chi connectivity index (χ4n) is 1.69. The van der Waals surface area contributed by atoms with Gasteiger partial charge in [-0.05, 0) is 18.9 Å². The molecule has 0 atom stereocenters. The third kappa shape index (κ3) is 3.08. The standard InChI is InChI=1S/C12H10F2N2O3S/c13-11(14)7-2-1-3-8(12(17)18)9(7)6-19-10-4-5-16(20)15-10/h1-5,11,20H,6H2,(H,17,18). The van der Waals surface area contributed by atoms with Gasteiger partial charge in [0.05, 0.1) is 5.56 Å². The molecule has 0 radical (unpaired) electrons. The molecule has 20 heavy (non-hydrogen) atoms. The molecule has 1 aromatic heterocycles. The van der Waals surface area contributed by atoms with Crippen molar-refractivity contribution >= 4 is 18.8 Å². The first-order valence-corrected chi connectivity index (χ1v) is 5.90. The number of rotatable bonds is 5. The number of halogens is 2. The van der Waals surface area contributed by atoms with Crippen molar-refractivity contribution in [3.05, 3.63) is 47.2 Å². The maximum atomic E-state index is 12.9. The molecule has 1 aromatic carbocycles. The zero-order chi connectivity index (χ0) is 14.7. The van der Waals surface area contributed by atoms with Crippen LogP contribution in [0.4, 0.5) is 8.78 Å². The van der Waals surface area contributed by atoms with E-state index >= 15 is 0 Å². The molecule has 1 N–H and O–H groups in total. The second kappa shape index (κ2) is 5.91. The molecule has 2 rings (SSSR count). The van der Waals surface area contributed by atoms with E-state index in [9.17, 15) is 13.6 Å². The van der Waals surface area contributed by atoms with Crippen molar-refractivity contribution in [1.82, 2.24) is 9.19 Å². The number of aromatic nitrogens is 2. The molecule has 0 fully saturated rings. The molecule has 0 amide bonds. The zero-order valence-corrected chi connectivity index (χ0v) is 10.9. The molecule has 0 spiro atoms. The molecule has 0 bridgehead atoms. The predicted molar refractivity (Wildman–Crippen MR) is 69.3 cm³/mol. The van der Waals surface area contributed by atoms with Gasteiger partial charge in [0, 0.05) is 23.4 Å². The molecular weight excluding hydrogens is 290 g/mol. The summed E-state index contributed by atoms with van der Waals surface area (Å²) in [5.41, 5.74) is -0.646. The molecule has 2 aromatic rings. The van der Waals surface area contributed by atoms with Gasteiger partial charge in [-0.15, -0.1) is 5.10 Å². The van der Waals surface area contributed by atoms with Gasteiger partial charge in [-0.2, -0.15) is 0 Å². The number of aromatic carboxylic acids is 1. The maximum Gasteiger partial charge on any atom is 0.336 e. The summed E-state index contributed by atoms with van der Waals surface area (Å²) in [5, 5.41) is 12.8. The average Bonchev–Trinajstić information content (AvgIpc) is 2.81. The van der Waals surface area contributed by atoms with E-state index in [1.165, 1.54) is 34.5 Å². The molecular formula is C12H10F2N2O3S. The summed E-state index contributed by atoms with van der Waals surface area (Å²) in [4.78, 5) is 11.1. The summed E-state index contributed by atoms with van der Waals surface area (Å²) in [6.45, 7) is -0.313. The van der Waals surface area contributed by atoms with Crippen molar-refractivity contribution in [2.75, 3.05) is 0 Å². The Labute approximate surface area is 118 Å². The largest absolute Gasteiger partial charge is 0.478 e. The monoisotopic (exact) mass is 300 g/mol. The van der Waals surface area contributed by atoms with Gasteiger partial charge in [-0.1, -0.05) is 12.1 Å². The minimum absolute atomic E-state index is 0.0660. The number of carboxylic acid groups (broad SMARTS) is 1. The van der Waals surface area contributed by atoms with E-state index in [4.69, 9.17) is 9.84 Å². The number of nitrogens with zero attached hydrogens (tertiary/aromatic N) is 2. The van der Waals surface area contributed by atoms with Crippen LogP contribution in [0.1, 0.15) is 27.9 Å². The Morgan fingerprint density at radius 3 is 2.75 bits per heavy atom. The number of thiol groups is 1. The van der Waals surface area contributed by atoms with Crippen LogP contribution >= 0.6 is 12.8 Å². The van der Waals surface area contributed by atoms with Gasteiger partial charge in [-0.3, -0.25) is 0 Å². The molecule has 1 heterocycles. The van der Waals surface area contributed by atoms with Crippen LogP contribution in [-0.4, -0.2) is 20.3 Å². The highest BCUT2D eigenvalue weighted by Crippen LogP contribution is 2.26. The van der Waals surface area contributed by atoms with Gasteiger partial charge in [0.25, 0.3) is 6.43 Å². The van der Waals surface area contributed by atoms with E-state index < -0.39 is 12.4 Å². The van der Waals surface area contributed by atoms with Gasteiger partial charge in [0.1, 0.15) is 6.61 Å². The lowest BCUT2D eigenvalue weighted by Crippen LogP contribution is -2.09. The molecule has 0 aliphatic heterocycles. The molecule has 0 aliphatic carbocycles. The number of carboxylic acids is 1. The number of carbonyl (C=O) groups is 1. The Kier molecular flexibility index (Phi) is 4.23. The number of benzene rings is 1. The first kappa shape index (κ1) is 14.3.